The quantitative estimate of drug-likeness (QED) is 0.724. The molecule has 0 amide bonds. The Labute approximate surface area is 129 Å². The lowest BCUT2D eigenvalue weighted by atomic mass is 10.2. The lowest BCUT2D eigenvalue weighted by Crippen LogP contribution is -2.14. The van der Waals surface area contributed by atoms with Gasteiger partial charge in [-0.05, 0) is 30.7 Å². The van der Waals surface area contributed by atoms with E-state index in [1.807, 2.05) is 13.0 Å². The van der Waals surface area contributed by atoms with E-state index in [0.717, 1.165) is 16.8 Å². The molecule has 6 heteroatoms. The lowest BCUT2D eigenvalue weighted by Gasteiger charge is -2.10. The summed E-state index contributed by atoms with van der Waals surface area (Å²) in [6.45, 7) is 1.93. The van der Waals surface area contributed by atoms with Gasteiger partial charge in [0.1, 0.15) is 0 Å². The zero-order valence-corrected chi connectivity index (χ0v) is 14.3. The second-order valence-corrected chi connectivity index (χ2v) is 7.11. The largest absolute Gasteiger partial charge is 0.267 e. The van der Waals surface area contributed by atoms with Crippen molar-refractivity contribution in [1.82, 2.24) is 3.97 Å². The molecule has 0 radical (unpaired) electrons. The molecule has 0 N–H and O–H groups in total. The number of aryl methyl sites for hydroxylation is 1. The Bertz CT molecular complexity index is 675. The molecule has 2 aromatic rings. The van der Waals surface area contributed by atoms with Crippen LogP contribution in [-0.4, -0.2) is 12.4 Å². The predicted octanol–water partition coefficient (Wildman–Crippen LogP) is 3.82. The Morgan fingerprint density at radius 1 is 1.05 bits per heavy atom. The van der Waals surface area contributed by atoms with E-state index >= 15 is 0 Å². The molecule has 1 aromatic carbocycles. The van der Waals surface area contributed by atoms with Crippen LogP contribution in [0, 0.1) is 6.92 Å². The highest BCUT2D eigenvalue weighted by Crippen LogP contribution is 2.23. The summed E-state index contributed by atoms with van der Waals surface area (Å²) in [4.78, 5) is 0.303. The monoisotopic (exact) mass is 405 g/mol. The van der Waals surface area contributed by atoms with Crippen LogP contribution in [0.1, 0.15) is 16.8 Å². The maximum atomic E-state index is 12.6. The van der Waals surface area contributed by atoms with Crippen molar-refractivity contribution < 1.29 is 8.42 Å². The van der Waals surface area contributed by atoms with Gasteiger partial charge in [0.05, 0.1) is 4.90 Å². The molecule has 3 nitrogen and oxygen atoms in total. The Hall–Kier alpha value is -0.590. The standard InChI is InChI=1S/C13H13Br2NO2S/c1-10-2-4-12(5-3-10)19(17,18)16-7-6-11(8-14)13(16)9-15/h2-7H,8-9H2,1H3. The molecule has 0 atom stereocenters. The van der Waals surface area contributed by atoms with Crippen molar-refractivity contribution in [3.63, 3.8) is 0 Å². The van der Waals surface area contributed by atoms with Crippen LogP contribution in [0.15, 0.2) is 41.4 Å². The molecule has 0 aliphatic rings. The smallest absolute Gasteiger partial charge is 0.245 e. The fraction of sp³-hybridized carbons (Fsp3) is 0.231. The molecule has 0 saturated heterocycles. The van der Waals surface area contributed by atoms with Crippen LogP contribution >= 0.6 is 31.9 Å². The topological polar surface area (TPSA) is 39.1 Å². The van der Waals surface area contributed by atoms with Gasteiger partial charge in [0.25, 0.3) is 10.0 Å². The first-order chi connectivity index (χ1) is 9.00. The highest BCUT2D eigenvalue weighted by molar-refractivity contribution is 9.09. The fourth-order valence-electron chi connectivity index (χ4n) is 1.80. The SMILES string of the molecule is Cc1ccc(S(=O)(=O)n2ccc(CBr)c2CBr)cc1. The molecule has 0 unspecified atom stereocenters. The van der Waals surface area contributed by atoms with Gasteiger partial charge in [-0.3, -0.25) is 0 Å². The summed E-state index contributed by atoms with van der Waals surface area (Å²) < 4.78 is 26.5. The van der Waals surface area contributed by atoms with Crippen molar-refractivity contribution in [2.24, 2.45) is 0 Å². The van der Waals surface area contributed by atoms with Crippen molar-refractivity contribution in [2.75, 3.05) is 0 Å². The van der Waals surface area contributed by atoms with Crippen molar-refractivity contribution in [2.45, 2.75) is 22.5 Å². The highest BCUT2D eigenvalue weighted by atomic mass is 79.9. The number of aromatic nitrogens is 1. The summed E-state index contributed by atoms with van der Waals surface area (Å²) in [5, 5.41) is 1.12. The first-order valence-electron chi connectivity index (χ1n) is 5.64. The average Bonchev–Trinajstić information content (AvgIpc) is 2.82. The summed E-state index contributed by atoms with van der Waals surface area (Å²) in [5.41, 5.74) is 2.75. The molecule has 0 fully saturated rings. The minimum atomic E-state index is -3.52. The second-order valence-electron chi connectivity index (χ2n) is 4.17. The molecular weight excluding hydrogens is 394 g/mol. The Morgan fingerprint density at radius 3 is 2.21 bits per heavy atom. The fourth-order valence-corrected chi connectivity index (χ4v) is 4.51. The molecule has 1 heterocycles. The zero-order chi connectivity index (χ0) is 14.0. The summed E-state index contributed by atoms with van der Waals surface area (Å²) in [7, 11) is -3.52. The van der Waals surface area contributed by atoms with E-state index in [1.54, 1.807) is 30.5 Å². The summed E-state index contributed by atoms with van der Waals surface area (Å²) in [6, 6.07) is 8.69. The second kappa shape index (κ2) is 5.81. The molecule has 0 saturated carbocycles. The number of alkyl halides is 2. The Balaban J connectivity index is 2.56. The van der Waals surface area contributed by atoms with Gasteiger partial charge in [-0.25, -0.2) is 12.4 Å². The predicted molar refractivity (Wildman–Crippen MR) is 83.5 cm³/mol. The van der Waals surface area contributed by atoms with E-state index in [4.69, 9.17) is 0 Å². The van der Waals surface area contributed by atoms with E-state index in [9.17, 15) is 8.42 Å². The maximum Gasteiger partial charge on any atom is 0.267 e. The molecule has 0 spiro atoms. The zero-order valence-electron chi connectivity index (χ0n) is 10.3. The van der Waals surface area contributed by atoms with Crippen molar-refractivity contribution in [3.05, 3.63) is 53.3 Å². The van der Waals surface area contributed by atoms with Gasteiger partial charge in [-0.15, -0.1) is 0 Å². The van der Waals surface area contributed by atoms with Crippen molar-refractivity contribution in [3.8, 4) is 0 Å². The van der Waals surface area contributed by atoms with Gasteiger partial charge in [0.2, 0.25) is 0 Å². The van der Waals surface area contributed by atoms with E-state index in [0.29, 0.717) is 15.6 Å². The van der Waals surface area contributed by atoms with Crippen LogP contribution in [0.4, 0.5) is 0 Å². The van der Waals surface area contributed by atoms with Crippen LogP contribution in [0.3, 0.4) is 0 Å². The van der Waals surface area contributed by atoms with E-state index in [2.05, 4.69) is 31.9 Å². The molecule has 102 valence electrons. The summed E-state index contributed by atoms with van der Waals surface area (Å²) in [6.07, 6.45) is 1.60. The van der Waals surface area contributed by atoms with Gasteiger partial charge in [-0.2, -0.15) is 0 Å². The number of nitrogens with zero attached hydrogens (tertiary/aromatic N) is 1. The number of benzene rings is 1. The van der Waals surface area contributed by atoms with Crippen molar-refractivity contribution in [1.29, 1.82) is 0 Å². The average molecular weight is 407 g/mol. The molecule has 19 heavy (non-hydrogen) atoms. The van der Waals surface area contributed by atoms with Crippen LogP contribution in [0.2, 0.25) is 0 Å². The van der Waals surface area contributed by atoms with Crippen LogP contribution < -0.4 is 0 Å². The van der Waals surface area contributed by atoms with Crippen LogP contribution in [0.5, 0.6) is 0 Å². The Morgan fingerprint density at radius 2 is 1.68 bits per heavy atom. The molecular formula is C13H13Br2NO2S. The van der Waals surface area contributed by atoms with Gasteiger partial charge < -0.3 is 0 Å². The van der Waals surface area contributed by atoms with Gasteiger partial charge in [0.15, 0.2) is 0 Å². The maximum absolute atomic E-state index is 12.6. The first-order valence-corrected chi connectivity index (χ1v) is 9.32. The third kappa shape index (κ3) is 2.80. The highest BCUT2D eigenvalue weighted by Gasteiger charge is 2.20. The van der Waals surface area contributed by atoms with Crippen molar-refractivity contribution >= 4 is 41.9 Å². The third-order valence-corrected chi connectivity index (χ3v) is 5.76. The number of rotatable bonds is 4. The molecule has 0 aliphatic heterocycles. The first kappa shape index (κ1) is 14.8. The van der Waals surface area contributed by atoms with E-state index in [-0.39, 0.29) is 0 Å². The number of halogens is 2. The van der Waals surface area contributed by atoms with Gasteiger partial charge in [-0.1, -0.05) is 49.6 Å². The molecule has 2 rings (SSSR count). The van der Waals surface area contributed by atoms with Crippen LogP contribution in [-0.2, 0) is 20.7 Å². The molecule has 0 aliphatic carbocycles. The molecule has 0 bridgehead atoms. The van der Waals surface area contributed by atoms with E-state index in [1.165, 1.54) is 3.97 Å². The third-order valence-electron chi connectivity index (χ3n) is 2.90. The number of hydrogen-bond donors (Lipinski definition) is 0. The Kier molecular flexibility index (Phi) is 4.53. The lowest BCUT2D eigenvalue weighted by molar-refractivity contribution is 0.586. The van der Waals surface area contributed by atoms with Gasteiger partial charge in [0, 0.05) is 22.6 Å². The summed E-state index contributed by atoms with van der Waals surface area (Å²) >= 11 is 6.72. The minimum Gasteiger partial charge on any atom is -0.245 e. The minimum absolute atomic E-state index is 0.303. The number of hydrogen-bond acceptors (Lipinski definition) is 2. The van der Waals surface area contributed by atoms with Crippen LogP contribution in [0.25, 0.3) is 0 Å². The summed E-state index contributed by atoms with van der Waals surface area (Å²) in [5.74, 6) is 0. The normalized spacial score (nSPS) is 11.7. The van der Waals surface area contributed by atoms with Gasteiger partial charge >= 0.3 is 0 Å². The molecule has 1 aromatic heterocycles. The van der Waals surface area contributed by atoms with E-state index < -0.39 is 10.0 Å².